The second kappa shape index (κ2) is 6.50. The number of halogens is 3. The van der Waals surface area contributed by atoms with E-state index in [0.717, 1.165) is 6.20 Å². The van der Waals surface area contributed by atoms with Gasteiger partial charge in [0.2, 0.25) is 0 Å². The molecular weight excluding hydrogens is 323 g/mol. The predicted octanol–water partition coefficient (Wildman–Crippen LogP) is 2.68. The Morgan fingerprint density at radius 2 is 2.25 bits per heavy atom. The predicted molar refractivity (Wildman–Crippen MR) is 80.3 cm³/mol. The number of anilines is 1. The fourth-order valence-electron chi connectivity index (χ4n) is 2.67. The standard InChI is InChI=1S/C15H16F3N5O/c16-15(17,18)12-9-23-8-10(3-4-13(23)22-12)6-20-14(24)21-11-2-1-5-19-7-11/h1-2,5,7,9-10H,3-4,6,8H2,(H2,20,21,24). The number of alkyl halides is 3. The number of fused-ring (bicyclic) bond motifs is 1. The molecule has 2 aromatic heterocycles. The normalized spacial score (nSPS) is 17.2. The molecule has 2 aromatic rings. The van der Waals surface area contributed by atoms with Crippen molar-refractivity contribution < 1.29 is 18.0 Å². The van der Waals surface area contributed by atoms with Crippen molar-refractivity contribution in [2.75, 3.05) is 11.9 Å². The molecule has 2 amide bonds. The van der Waals surface area contributed by atoms with Gasteiger partial charge in [0.05, 0.1) is 11.9 Å². The highest BCUT2D eigenvalue weighted by Crippen LogP contribution is 2.30. The lowest BCUT2D eigenvalue weighted by atomic mass is 9.99. The summed E-state index contributed by atoms with van der Waals surface area (Å²) in [5.41, 5.74) is -0.286. The molecule has 6 nitrogen and oxygen atoms in total. The van der Waals surface area contributed by atoms with Crippen LogP contribution in [0.2, 0.25) is 0 Å². The molecule has 1 aliphatic rings. The number of aromatic nitrogens is 3. The molecule has 0 aliphatic carbocycles. The molecule has 3 rings (SSSR count). The fraction of sp³-hybridized carbons (Fsp3) is 0.400. The van der Waals surface area contributed by atoms with Gasteiger partial charge in [-0.15, -0.1) is 0 Å². The topological polar surface area (TPSA) is 71.8 Å². The molecule has 0 bridgehead atoms. The lowest BCUT2D eigenvalue weighted by Gasteiger charge is -2.23. The Morgan fingerprint density at radius 3 is 2.96 bits per heavy atom. The van der Waals surface area contributed by atoms with Crippen molar-refractivity contribution in [1.29, 1.82) is 0 Å². The van der Waals surface area contributed by atoms with Gasteiger partial charge in [0.15, 0.2) is 5.69 Å². The van der Waals surface area contributed by atoms with E-state index >= 15 is 0 Å². The molecule has 0 radical (unpaired) electrons. The van der Waals surface area contributed by atoms with Crippen molar-refractivity contribution in [1.82, 2.24) is 19.9 Å². The summed E-state index contributed by atoms with van der Waals surface area (Å²) < 4.78 is 39.6. The van der Waals surface area contributed by atoms with Crippen LogP contribution < -0.4 is 10.6 Å². The van der Waals surface area contributed by atoms with E-state index in [0.29, 0.717) is 37.4 Å². The zero-order valence-electron chi connectivity index (χ0n) is 12.7. The third kappa shape index (κ3) is 3.84. The van der Waals surface area contributed by atoms with Crippen molar-refractivity contribution >= 4 is 11.7 Å². The number of rotatable bonds is 3. The quantitative estimate of drug-likeness (QED) is 0.903. The molecule has 0 aromatic carbocycles. The molecule has 128 valence electrons. The van der Waals surface area contributed by atoms with Crippen LogP contribution in [-0.2, 0) is 19.1 Å². The van der Waals surface area contributed by atoms with Crippen LogP contribution in [0.1, 0.15) is 17.9 Å². The maximum absolute atomic E-state index is 12.7. The average Bonchev–Trinajstić information content (AvgIpc) is 2.97. The molecule has 0 saturated heterocycles. The van der Waals surface area contributed by atoms with Crippen molar-refractivity contribution in [3.63, 3.8) is 0 Å². The minimum Gasteiger partial charge on any atom is -0.338 e. The zero-order chi connectivity index (χ0) is 17.2. The fourth-order valence-corrected chi connectivity index (χ4v) is 2.67. The first-order valence-electron chi connectivity index (χ1n) is 7.50. The van der Waals surface area contributed by atoms with Crippen LogP contribution in [0.5, 0.6) is 0 Å². The SMILES string of the molecule is O=C(NCC1CCc2nc(C(F)(F)F)cn2C1)Nc1cccnc1. The number of nitrogens with one attached hydrogen (secondary N) is 2. The number of amides is 2. The van der Waals surface area contributed by atoms with E-state index in [9.17, 15) is 18.0 Å². The maximum Gasteiger partial charge on any atom is 0.434 e. The summed E-state index contributed by atoms with van der Waals surface area (Å²) in [6.07, 6.45) is 0.882. The summed E-state index contributed by atoms with van der Waals surface area (Å²) in [4.78, 5) is 19.3. The lowest BCUT2D eigenvalue weighted by molar-refractivity contribution is -0.141. The number of hydrogen-bond acceptors (Lipinski definition) is 3. The van der Waals surface area contributed by atoms with Gasteiger partial charge in [-0.25, -0.2) is 9.78 Å². The molecule has 0 fully saturated rings. The molecule has 0 spiro atoms. The number of hydrogen-bond donors (Lipinski definition) is 2. The zero-order valence-corrected chi connectivity index (χ0v) is 12.7. The number of nitrogens with zero attached hydrogens (tertiary/aromatic N) is 3. The van der Waals surface area contributed by atoms with Gasteiger partial charge in [-0.3, -0.25) is 4.98 Å². The van der Waals surface area contributed by atoms with Crippen molar-refractivity contribution in [3.05, 3.63) is 42.2 Å². The lowest BCUT2D eigenvalue weighted by Crippen LogP contribution is -2.36. The highest BCUT2D eigenvalue weighted by molar-refractivity contribution is 5.88. The van der Waals surface area contributed by atoms with Gasteiger partial charge >= 0.3 is 12.2 Å². The molecule has 1 unspecified atom stereocenters. The van der Waals surface area contributed by atoms with Gasteiger partial charge in [0.1, 0.15) is 5.82 Å². The molecule has 1 aliphatic heterocycles. The van der Waals surface area contributed by atoms with Gasteiger partial charge in [0.25, 0.3) is 0 Å². The van der Waals surface area contributed by atoms with E-state index in [2.05, 4.69) is 20.6 Å². The Morgan fingerprint density at radius 1 is 1.42 bits per heavy atom. The molecule has 1 atom stereocenters. The minimum absolute atomic E-state index is 0.0624. The summed E-state index contributed by atoms with van der Waals surface area (Å²) in [6.45, 7) is 0.788. The van der Waals surface area contributed by atoms with Gasteiger partial charge in [-0.05, 0) is 24.5 Å². The van der Waals surface area contributed by atoms with Crippen LogP contribution in [0.3, 0.4) is 0 Å². The van der Waals surface area contributed by atoms with Gasteiger partial charge in [0, 0.05) is 31.9 Å². The Bertz CT molecular complexity index is 714. The number of imidazole rings is 1. The number of carbonyl (C=O) groups is 1. The van der Waals surface area contributed by atoms with Crippen LogP contribution in [0.4, 0.5) is 23.7 Å². The molecule has 2 N–H and O–H groups in total. The Balaban J connectivity index is 1.53. The smallest absolute Gasteiger partial charge is 0.338 e. The third-order valence-corrected chi connectivity index (χ3v) is 3.85. The van der Waals surface area contributed by atoms with Crippen LogP contribution >= 0.6 is 0 Å². The van der Waals surface area contributed by atoms with Gasteiger partial charge in [-0.2, -0.15) is 13.2 Å². The first-order valence-corrected chi connectivity index (χ1v) is 7.50. The highest BCUT2D eigenvalue weighted by atomic mass is 19.4. The summed E-state index contributed by atoms with van der Waals surface area (Å²) in [7, 11) is 0. The summed E-state index contributed by atoms with van der Waals surface area (Å²) in [5, 5.41) is 5.38. The Labute approximate surface area is 136 Å². The second-order valence-electron chi connectivity index (χ2n) is 5.67. The van der Waals surface area contributed by atoms with Crippen LogP contribution in [-0.4, -0.2) is 27.1 Å². The first kappa shape index (κ1) is 16.3. The molecule has 0 saturated carbocycles. The van der Waals surface area contributed by atoms with Crippen LogP contribution in [0, 0.1) is 5.92 Å². The number of aryl methyl sites for hydroxylation is 1. The van der Waals surface area contributed by atoms with E-state index in [1.807, 2.05) is 0 Å². The van der Waals surface area contributed by atoms with E-state index in [1.54, 1.807) is 18.3 Å². The Kier molecular flexibility index (Phi) is 4.41. The van der Waals surface area contributed by atoms with Gasteiger partial charge < -0.3 is 15.2 Å². The van der Waals surface area contributed by atoms with Gasteiger partial charge in [-0.1, -0.05) is 0 Å². The van der Waals surface area contributed by atoms with Crippen LogP contribution in [0.25, 0.3) is 0 Å². The molecule has 3 heterocycles. The number of carbonyl (C=O) groups excluding carboxylic acids is 1. The first-order chi connectivity index (χ1) is 11.4. The highest BCUT2D eigenvalue weighted by Gasteiger charge is 2.35. The molecule has 9 heteroatoms. The van der Waals surface area contributed by atoms with Crippen LogP contribution in [0.15, 0.2) is 30.7 Å². The molecular formula is C15H16F3N5O. The van der Waals surface area contributed by atoms with Crippen molar-refractivity contribution in [3.8, 4) is 0 Å². The largest absolute Gasteiger partial charge is 0.434 e. The average molecular weight is 339 g/mol. The van der Waals surface area contributed by atoms with E-state index in [4.69, 9.17) is 0 Å². The minimum atomic E-state index is -4.43. The maximum atomic E-state index is 12.7. The van der Waals surface area contributed by atoms with E-state index < -0.39 is 11.9 Å². The monoisotopic (exact) mass is 339 g/mol. The number of pyridine rings is 1. The molecule has 24 heavy (non-hydrogen) atoms. The van der Waals surface area contributed by atoms with E-state index in [1.165, 1.54) is 10.8 Å². The summed E-state index contributed by atoms with van der Waals surface area (Å²) >= 11 is 0. The van der Waals surface area contributed by atoms with E-state index in [-0.39, 0.29) is 11.9 Å². The summed E-state index contributed by atoms with van der Waals surface area (Å²) in [6, 6.07) is 3.05. The van der Waals surface area contributed by atoms with Crippen molar-refractivity contribution in [2.45, 2.75) is 25.6 Å². The summed E-state index contributed by atoms with van der Waals surface area (Å²) in [5.74, 6) is 0.505. The van der Waals surface area contributed by atoms with Crippen molar-refractivity contribution in [2.24, 2.45) is 5.92 Å². The third-order valence-electron chi connectivity index (χ3n) is 3.85. The Hall–Kier alpha value is -2.58. The number of urea groups is 1. The second-order valence-corrected chi connectivity index (χ2v) is 5.67.